The Kier molecular flexibility index (Phi) is 4.84. The number of hydrazine groups is 1. The Hall–Kier alpha value is -1.35. The fourth-order valence-corrected chi connectivity index (χ4v) is 1.53. The largest absolute Gasteiger partial charge is 0.312 e. The first-order valence-corrected chi connectivity index (χ1v) is 5.32. The van der Waals surface area contributed by atoms with E-state index in [1.54, 1.807) is 0 Å². The summed E-state index contributed by atoms with van der Waals surface area (Å²) in [5, 5.41) is 0. The summed E-state index contributed by atoms with van der Waals surface area (Å²) < 4.78 is 0. The summed E-state index contributed by atoms with van der Waals surface area (Å²) >= 11 is 0. The fraction of sp³-hybridized carbons (Fsp3) is 0.417. The van der Waals surface area contributed by atoms with Gasteiger partial charge in [0.2, 0.25) is 0 Å². The van der Waals surface area contributed by atoms with E-state index in [-0.39, 0.29) is 0 Å². The van der Waals surface area contributed by atoms with Gasteiger partial charge in [-0.2, -0.15) is 0 Å². The average Bonchev–Trinajstić information content (AvgIpc) is 2.26. The van der Waals surface area contributed by atoms with Crippen molar-refractivity contribution >= 4 is 5.84 Å². The second-order valence-corrected chi connectivity index (χ2v) is 3.49. The molecule has 0 aliphatic heterocycles. The molecule has 0 saturated carbocycles. The van der Waals surface area contributed by atoms with Crippen molar-refractivity contribution in [3.8, 4) is 0 Å². The van der Waals surface area contributed by atoms with E-state index < -0.39 is 0 Å². The Balaban J connectivity index is 2.57. The highest BCUT2D eigenvalue weighted by Crippen LogP contribution is 2.09. The lowest BCUT2D eigenvalue weighted by atomic mass is 10.0. The van der Waals surface area contributed by atoms with Crippen LogP contribution in [0.4, 0.5) is 0 Å². The third-order valence-electron chi connectivity index (χ3n) is 2.41. The maximum atomic E-state index is 5.38. The van der Waals surface area contributed by atoms with Gasteiger partial charge in [0.05, 0.1) is 0 Å². The van der Waals surface area contributed by atoms with Crippen molar-refractivity contribution in [1.82, 2.24) is 5.43 Å². The van der Waals surface area contributed by atoms with Crippen LogP contribution in [-0.2, 0) is 6.42 Å². The van der Waals surface area contributed by atoms with Gasteiger partial charge < -0.3 is 5.43 Å². The van der Waals surface area contributed by atoms with E-state index in [1.807, 2.05) is 6.92 Å². The number of nitrogens with two attached hydrogens (primary N) is 1. The average molecular weight is 205 g/mol. The highest BCUT2D eigenvalue weighted by Gasteiger charge is 2.00. The first-order valence-electron chi connectivity index (χ1n) is 5.32. The molecular weight excluding hydrogens is 186 g/mol. The van der Waals surface area contributed by atoms with Crippen LogP contribution in [0.5, 0.6) is 0 Å². The first kappa shape index (κ1) is 11.7. The van der Waals surface area contributed by atoms with Gasteiger partial charge in [0, 0.05) is 13.0 Å². The number of aliphatic imine (C=N–C) groups is 1. The van der Waals surface area contributed by atoms with E-state index in [0.29, 0.717) is 0 Å². The minimum atomic E-state index is 0.771. The van der Waals surface area contributed by atoms with Gasteiger partial charge in [0.25, 0.3) is 0 Å². The normalized spacial score (nSPS) is 11.5. The molecular formula is C12H19N3. The summed E-state index contributed by atoms with van der Waals surface area (Å²) in [6, 6.07) is 8.40. The van der Waals surface area contributed by atoms with Gasteiger partial charge in [-0.3, -0.25) is 4.99 Å². The molecule has 0 atom stereocenters. The van der Waals surface area contributed by atoms with Crippen LogP contribution in [0.25, 0.3) is 0 Å². The van der Waals surface area contributed by atoms with Crippen molar-refractivity contribution in [3.63, 3.8) is 0 Å². The molecule has 0 radical (unpaired) electrons. The molecule has 0 amide bonds. The number of nitrogens with one attached hydrogen (secondary N) is 1. The minimum Gasteiger partial charge on any atom is -0.312 e. The van der Waals surface area contributed by atoms with Gasteiger partial charge >= 0.3 is 0 Å². The summed E-state index contributed by atoms with van der Waals surface area (Å²) in [4.78, 5) is 4.27. The van der Waals surface area contributed by atoms with Gasteiger partial charge in [-0.15, -0.1) is 0 Å². The molecule has 0 aliphatic rings. The van der Waals surface area contributed by atoms with Crippen molar-refractivity contribution < 1.29 is 0 Å². The number of amidine groups is 1. The second-order valence-electron chi connectivity index (χ2n) is 3.49. The molecule has 3 nitrogen and oxygen atoms in total. The molecule has 0 aliphatic carbocycles. The van der Waals surface area contributed by atoms with Crippen LogP contribution in [0.2, 0.25) is 0 Å². The number of rotatable bonds is 4. The number of nitrogens with zero attached hydrogens (tertiary/aromatic N) is 1. The minimum absolute atomic E-state index is 0.771. The first-order chi connectivity index (χ1) is 7.27. The molecule has 3 N–H and O–H groups in total. The van der Waals surface area contributed by atoms with Crippen molar-refractivity contribution in [3.05, 3.63) is 35.4 Å². The zero-order valence-corrected chi connectivity index (χ0v) is 9.46. The number of aryl methyl sites for hydroxylation is 2. The SMILES string of the molecule is CCN=C(CCc1ccccc1C)NN. The molecule has 0 spiro atoms. The van der Waals surface area contributed by atoms with E-state index in [9.17, 15) is 0 Å². The molecule has 1 aromatic rings. The Bertz CT molecular complexity index is 331. The predicted octanol–water partition coefficient (Wildman–Crippen LogP) is 1.81. The number of hydrogen-bond donors (Lipinski definition) is 2. The lowest BCUT2D eigenvalue weighted by molar-refractivity contribution is 0.903. The molecule has 0 fully saturated rings. The second kappa shape index (κ2) is 6.19. The van der Waals surface area contributed by atoms with Crippen LogP contribution in [0.1, 0.15) is 24.5 Å². The highest BCUT2D eigenvalue weighted by molar-refractivity contribution is 5.81. The maximum absolute atomic E-state index is 5.38. The monoisotopic (exact) mass is 205 g/mol. The van der Waals surface area contributed by atoms with Crippen LogP contribution >= 0.6 is 0 Å². The summed E-state index contributed by atoms with van der Waals surface area (Å²) in [6.07, 6.45) is 1.85. The van der Waals surface area contributed by atoms with Crippen LogP contribution < -0.4 is 11.3 Å². The smallest absolute Gasteiger partial charge is 0.111 e. The molecule has 0 aromatic heterocycles. The molecule has 0 heterocycles. The van der Waals surface area contributed by atoms with Gasteiger partial charge in [-0.05, 0) is 31.4 Å². The summed E-state index contributed by atoms with van der Waals surface area (Å²) in [5.74, 6) is 6.26. The van der Waals surface area contributed by atoms with Crippen LogP contribution in [0, 0.1) is 6.92 Å². The van der Waals surface area contributed by atoms with Crippen LogP contribution in [0.3, 0.4) is 0 Å². The molecule has 3 heteroatoms. The standard InChI is InChI=1S/C12H19N3/c1-3-14-12(15-13)9-8-11-7-5-4-6-10(11)2/h4-7H,3,8-9,13H2,1-2H3,(H,14,15). The van der Waals surface area contributed by atoms with Crippen molar-refractivity contribution in [2.45, 2.75) is 26.7 Å². The Morgan fingerprint density at radius 1 is 1.40 bits per heavy atom. The molecule has 0 unspecified atom stereocenters. The van der Waals surface area contributed by atoms with Crippen molar-refractivity contribution in [2.75, 3.05) is 6.54 Å². The quantitative estimate of drug-likeness (QED) is 0.341. The topological polar surface area (TPSA) is 50.4 Å². The molecule has 0 saturated heterocycles. The van der Waals surface area contributed by atoms with Crippen LogP contribution in [-0.4, -0.2) is 12.4 Å². The lowest BCUT2D eigenvalue weighted by Crippen LogP contribution is -2.30. The Labute approximate surface area is 91.4 Å². The van der Waals surface area contributed by atoms with Crippen molar-refractivity contribution in [1.29, 1.82) is 0 Å². The third-order valence-corrected chi connectivity index (χ3v) is 2.41. The van der Waals surface area contributed by atoms with Gasteiger partial charge in [0.15, 0.2) is 0 Å². The number of benzene rings is 1. The molecule has 1 aromatic carbocycles. The summed E-state index contributed by atoms with van der Waals surface area (Å²) in [7, 11) is 0. The van der Waals surface area contributed by atoms with Crippen molar-refractivity contribution in [2.24, 2.45) is 10.8 Å². The van der Waals surface area contributed by atoms with Gasteiger partial charge in [-0.25, -0.2) is 5.84 Å². The molecule has 0 bridgehead atoms. The van der Waals surface area contributed by atoms with Gasteiger partial charge in [-0.1, -0.05) is 24.3 Å². The van der Waals surface area contributed by atoms with E-state index in [1.165, 1.54) is 11.1 Å². The van der Waals surface area contributed by atoms with Gasteiger partial charge in [0.1, 0.15) is 5.84 Å². The number of hydrogen-bond acceptors (Lipinski definition) is 2. The van der Waals surface area contributed by atoms with E-state index in [0.717, 1.165) is 25.2 Å². The lowest BCUT2D eigenvalue weighted by Gasteiger charge is -2.07. The molecule has 82 valence electrons. The maximum Gasteiger partial charge on any atom is 0.111 e. The zero-order chi connectivity index (χ0) is 11.1. The Morgan fingerprint density at radius 2 is 2.13 bits per heavy atom. The molecule has 1 rings (SSSR count). The fourth-order valence-electron chi connectivity index (χ4n) is 1.53. The summed E-state index contributed by atoms with van der Waals surface area (Å²) in [5.41, 5.74) is 5.33. The Morgan fingerprint density at radius 3 is 2.73 bits per heavy atom. The zero-order valence-electron chi connectivity index (χ0n) is 9.46. The summed E-state index contributed by atoms with van der Waals surface area (Å²) in [6.45, 7) is 4.90. The van der Waals surface area contributed by atoms with Crippen LogP contribution in [0.15, 0.2) is 29.3 Å². The molecule has 15 heavy (non-hydrogen) atoms. The predicted molar refractivity (Wildman–Crippen MR) is 64.8 cm³/mol. The highest BCUT2D eigenvalue weighted by atomic mass is 15.2. The van der Waals surface area contributed by atoms with E-state index in [2.05, 4.69) is 41.6 Å². The van der Waals surface area contributed by atoms with E-state index in [4.69, 9.17) is 5.84 Å². The third kappa shape index (κ3) is 3.72. The van der Waals surface area contributed by atoms with E-state index >= 15 is 0 Å².